The second-order valence-corrected chi connectivity index (χ2v) is 4.34. The number of nitrogens with zero attached hydrogens (tertiary/aromatic N) is 1. The zero-order chi connectivity index (χ0) is 9.97. The quantitative estimate of drug-likeness (QED) is 0.722. The predicted octanol–water partition coefficient (Wildman–Crippen LogP) is 3.36. The van der Waals surface area contributed by atoms with E-state index in [1.54, 1.807) is 0 Å². The first-order valence-electron chi connectivity index (χ1n) is 5.18. The van der Waals surface area contributed by atoms with Crippen LogP contribution in [0, 0.1) is 0 Å². The molecule has 1 aromatic rings. The zero-order valence-electron chi connectivity index (χ0n) is 8.17. The summed E-state index contributed by atoms with van der Waals surface area (Å²) in [5.74, 6) is 0.649. The molecule has 0 radical (unpaired) electrons. The van der Waals surface area contributed by atoms with Gasteiger partial charge in [0, 0.05) is 6.20 Å². The maximum Gasteiger partial charge on any atom is 0.151 e. The molecule has 1 aliphatic carbocycles. The van der Waals surface area contributed by atoms with Gasteiger partial charge < -0.3 is 5.73 Å². The maximum absolute atomic E-state index is 5.78. The van der Waals surface area contributed by atoms with Crippen LogP contribution >= 0.6 is 11.6 Å². The van der Waals surface area contributed by atoms with Crippen LogP contribution in [0.5, 0.6) is 0 Å². The van der Waals surface area contributed by atoms with E-state index >= 15 is 0 Å². The molecule has 76 valence electrons. The van der Waals surface area contributed by atoms with Crippen LogP contribution in [0.15, 0.2) is 12.3 Å². The van der Waals surface area contributed by atoms with Crippen LogP contribution in [0.2, 0.25) is 5.15 Å². The van der Waals surface area contributed by atoms with E-state index in [4.69, 9.17) is 17.3 Å². The minimum Gasteiger partial charge on any atom is -0.396 e. The van der Waals surface area contributed by atoms with E-state index in [2.05, 4.69) is 4.98 Å². The van der Waals surface area contributed by atoms with Crippen molar-refractivity contribution in [3.8, 4) is 0 Å². The molecule has 2 nitrogen and oxygen atoms in total. The number of pyridine rings is 1. The Morgan fingerprint density at radius 2 is 2.00 bits per heavy atom. The molecule has 0 aromatic carbocycles. The lowest BCUT2D eigenvalue weighted by molar-refractivity contribution is 0.443. The monoisotopic (exact) mass is 210 g/mol. The van der Waals surface area contributed by atoms with Crippen molar-refractivity contribution in [2.75, 3.05) is 5.73 Å². The van der Waals surface area contributed by atoms with E-state index < -0.39 is 0 Å². The van der Waals surface area contributed by atoms with Gasteiger partial charge in [-0.2, -0.15) is 0 Å². The Bertz CT molecular complexity index is 319. The van der Waals surface area contributed by atoms with E-state index in [1.165, 1.54) is 37.7 Å². The Labute approximate surface area is 89.5 Å². The normalized spacial score (nSPS) is 18.4. The first-order chi connectivity index (χ1) is 6.77. The number of aromatic nitrogens is 1. The summed E-state index contributed by atoms with van der Waals surface area (Å²) in [6.07, 6.45) is 8.42. The minimum absolute atomic E-state index is 0.421. The third kappa shape index (κ3) is 2.01. The van der Waals surface area contributed by atoms with Crippen LogP contribution in [0.4, 0.5) is 5.69 Å². The molecule has 0 saturated heterocycles. The molecule has 0 spiro atoms. The lowest BCUT2D eigenvalue weighted by atomic mass is 9.85. The number of anilines is 1. The fourth-order valence-electron chi connectivity index (χ4n) is 2.14. The van der Waals surface area contributed by atoms with Crippen molar-refractivity contribution in [1.29, 1.82) is 0 Å². The highest BCUT2D eigenvalue weighted by atomic mass is 35.5. The van der Waals surface area contributed by atoms with Crippen molar-refractivity contribution in [2.45, 2.75) is 38.0 Å². The Hall–Kier alpha value is -0.760. The van der Waals surface area contributed by atoms with Crippen molar-refractivity contribution in [1.82, 2.24) is 4.98 Å². The molecule has 0 aliphatic heterocycles. The van der Waals surface area contributed by atoms with Gasteiger partial charge in [-0.25, -0.2) is 4.98 Å². The third-order valence-electron chi connectivity index (χ3n) is 2.96. The Morgan fingerprint density at radius 1 is 1.29 bits per heavy atom. The minimum atomic E-state index is 0.421. The largest absolute Gasteiger partial charge is 0.396 e. The smallest absolute Gasteiger partial charge is 0.151 e. The van der Waals surface area contributed by atoms with Gasteiger partial charge in [0.25, 0.3) is 0 Å². The molecule has 1 aliphatic rings. The fraction of sp³-hybridized carbons (Fsp3) is 0.545. The van der Waals surface area contributed by atoms with Crippen LogP contribution in [-0.2, 0) is 0 Å². The molecule has 2 N–H and O–H groups in total. The van der Waals surface area contributed by atoms with E-state index in [0.717, 1.165) is 0 Å². The Morgan fingerprint density at radius 3 is 2.64 bits per heavy atom. The molecular formula is C11H15ClN2. The fourth-order valence-corrected chi connectivity index (χ4v) is 2.24. The topological polar surface area (TPSA) is 38.9 Å². The number of hydrogen-bond donors (Lipinski definition) is 1. The molecule has 0 unspecified atom stereocenters. The summed E-state index contributed by atoms with van der Waals surface area (Å²) >= 11 is 5.78. The third-order valence-corrected chi connectivity index (χ3v) is 3.28. The molecule has 1 heterocycles. The van der Waals surface area contributed by atoms with Gasteiger partial charge in [-0.3, -0.25) is 0 Å². The van der Waals surface area contributed by atoms with Gasteiger partial charge in [0.1, 0.15) is 0 Å². The van der Waals surface area contributed by atoms with Crippen LogP contribution < -0.4 is 5.73 Å². The maximum atomic E-state index is 5.78. The molecule has 0 bridgehead atoms. The van der Waals surface area contributed by atoms with Crippen LogP contribution in [0.1, 0.15) is 43.6 Å². The van der Waals surface area contributed by atoms with Gasteiger partial charge in [0.05, 0.1) is 5.69 Å². The summed E-state index contributed by atoms with van der Waals surface area (Å²) in [5, 5.41) is 0.421. The van der Waals surface area contributed by atoms with Gasteiger partial charge in [-0.05, 0) is 30.4 Å². The summed E-state index contributed by atoms with van der Waals surface area (Å²) in [6, 6.07) is 1.98. The number of rotatable bonds is 1. The van der Waals surface area contributed by atoms with E-state index in [0.29, 0.717) is 16.8 Å². The zero-order valence-corrected chi connectivity index (χ0v) is 8.93. The molecule has 1 saturated carbocycles. The van der Waals surface area contributed by atoms with Crippen LogP contribution in [0.25, 0.3) is 0 Å². The van der Waals surface area contributed by atoms with Gasteiger partial charge in [-0.1, -0.05) is 30.9 Å². The average molecular weight is 211 g/mol. The number of nitrogens with two attached hydrogens (primary N) is 1. The van der Waals surface area contributed by atoms with E-state index in [9.17, 15) is 0 Å². The van der Waals surface area contributed by atoms with Crippen molar-refractivity contribution >= 4 is 17.3 Å². The van der Waals surface area contributed by atoms with E-state index in [1.807, 2.05) is 12.3 Å². The Balaban J connectivity index is 2.18. The molecular weight excluding hydrogens is 196 g/mol. The summed E-state index contributed by atoms with van der Waals surface area (Å²) in [4.78, 5) is 4.09. The second kappa shape index (κ2) is 4.18. The average Bonchev–Trinajstić information content (AvgIpc) is 2.23. The van der Waals surface area contributed by atoms with Gasteiger partial charge in [-0.15, -0.1) is 0 Å². The molecule has 2 rings (SSSR count). The van der Waals surface area contributed by atoms with Gasteiger partial charge in [0.2, 0.25) is 0 Å². The summed E-state index contributed by atoms with van der Waals surface area (Å²) in [7, 11) is 0. The highest BCUT2D eigenvalue weighted by Crippen LogP contribution is 2.33. The van der Waals surface area contributed by atoms with Crippen molar-refractivity contribution < 1.29 is 0 Å². The first-order valence-corrected chi connectivity index (χ1v) is 5.56. The molecule has 3 heteroatoms. The summed E-state index contributed by atoms with van der Waals surface area (Å²) < 4.78 is 0. The van der Waals surface area contributed by atoms with Crippen molar-refractivity contribution in [2.24, 2.45) is 0 Å². The van der Waals surface area contributed by atoms with Gasteiger partial charge >= 0.3 is 0 Å². The van der Waals surface area contributed by atoms with Crippen LogP contribution in [-0.4, -0.2) is 4.98 Å². The second-order valence-electron chi connectivity index (χ2n) is 3.98. The molecule has 1 aromatic heterocycles. The number of hydrogen-bond acceptors (Lipinski definition) is 2. The van der Waals surface area contributed by atoms with E-state index in [-0.39, 0.29) is 0 Å². The number of nitrogen functional groups attached to an aromatic ring is 1. The SMILES string of the molecule is Nc1cc(C2CCCCC2)cnc1Cl. The van der Waals surface area contributed by atoms with Crippen LogP contribution in [0.3, 0.4) is 0 Å². The summed E-state index contributed by atoms with van der Waals surface area (Å²) in [5.41, 5.74) is 7.60. The molecule has 0 amide bonds. The number of halogens is 1. The Kier molecular flexibility index (Phi) is 2.92. The highest BCUT2D eigenvalue weighted by molar-refractivity contribution is 6.31. The molecule has 1 fully saturated rings. The lowest BCUT2D eigenvalue weighted by Crippen LogP contribution is -2.05. The van der Waals surface area contributed by atoms with Crippen molar-refractivity contribution in [3.05, 3.63) is 23.0 Å². The molecule has 14 heavy (non-hydrogen) atoms. The summed E-state index contributed by atoms with van der Waals surface area (Å²) in [6.45, 7) is 0. The van der Waals surface area contributed by atoms with Crippen molar-refractivity contribution in [3.63, 3.8) is 0 Å². The molecule has 0 atom stereocenters. The lowest BCUT2D eigenvalue weighted by Gasteiger charge is -2.21. The first kappa shape index (κ1) is 9.78. The standard InChI is InChI=1S/C11H15ClN2/c12-11-10(13)6-9(7-14-11)8-4-2-1-3-5-8/h6-8H,1-5,13H2. The van der Waals surface area contributed by atoms with Gasteiger partial charge in [0.15, 0.2) is 5.15 Å². The predicted molar refractivity (Wildman–Crippen MR) is 59.5 cm³/mol. The highest BCUT2D eigenvalue weighted by Gasteiger charge is 2.16.